The van der Waals surface area contributed by atoms with Crippen molar-refractivity contribution in [1.29, 1.82) is 0 Å². The van der Waals surface area contributed by atoms with Crippen LogP contribution in [0.4, 0.5) is 10.1 Å². The van der Waals surface area contributed by atoms with Gasteiger partial charge in [0, 0.05) is 30.5 Å². The van der Waals surface area contributed by atoms with Gasteiger partial charge in [0.15, 0.2) is 0 Å². The van der Waals surface area contributed by atoms with Gasteiger partial charge in [-0.15, -0.1) is 6.58 Å². The molecule has 0 unspecified atom stereocenters. The molecule has 6 heteroatoms. The minimum Gasteiger partial charge on any atom is -0.395 e. The third kappa shape index (κ3) is 5.81. The number of hydrogen-bond donors (Lipinski definition) is 2. The van der Waals surface area contributed by atoms with Crippen molar-refractivity contribution in [3.63, 3.8) is 0 Å². The van der Waals surface area contributed by atoms with E-state index in [0.29, 0.717) is 24.1 Å². The zero-order valence-electron chi connectivity index (χ0n) is 11.1. The Bertz CT molecular complexity index is 468. The van der Waals surface area contributed by atoms with E-state index in [4.69, 9.17) is 5.11 Å². The Morgan fingerprint density at radius 1 is 1.50 bits per heavy atom. The van der Waals surface area contributed by atoms with E-state index in [1.807, 2.05) is 4.90 Å². The van der Waals surface area contributed by atoms with Crippen LogP contribution in [-0.4, -0.2) is 42.2 Å². The van der Waals surface area contributed by atoms with Crippen molar-refractivity contribution in [1.82, 2.24) is 4.90 Å². The van der Waals surface area contributed by atoms with Crippen LogP contribution < -0.4 is 5.32 Å². The molecule has 0 spiro atoms. The highest BCUT2D eigenvalue weighted by molar-refractivity contribution is 9.10. The predicted molar refractivity (Wildman–Crippen MR) is 81.1 cm³/mol. The van der Waals surface area contributed by atoms with Crippen LogP contribution >= 0.6 is 15.9 Å². The van der Waals surface area contributed by atoms with E-state index in [1.165, 1.54) is 12.1 Å². The van der Waals surface area contributed by atoms with Gasteiger partial charge in [0.25, 0.3) is 0 Å². The van der Waals surface area contributed by atoms with E-state index in [1.54, 1.807) is 12.1 Å². The van der Waals surface area contributed by atoms with Crippen molar-refractivity contribution in [2.45, 2.75) is 6.42 Å². The van der Waals surface area contributed by atoms with Crippen molar-refractivity contribution in [2.24, 2.45) is 0 Å². The first-order chi connectivity index (χ1) is 9.56. The highest BCUT2D eigenvalue weighted by Gasteiger charge is 2.09. The van der Waals surface area contributed by atoms with Crippen LogP contribution in [0.25, 0.3) is 0 Å². The minimum atomic E-state index is -0.481. The predicted octanol–water partition coefficient (Wildman–Crippen LogP) is 2.40. The van der Waals surface area contributed by atoms with Gasteiger partial charge < -0.3 is 10.4 Å². The van der Waals surface area contributed by atoms with E-state index in [-0.39, 0.29) is 24.6 Å². The highest BCUT2D eigenvalue weighted by Crippen LogP contribution is 2.19. The SMILES string of the molecule is C=CCN(CCO)CCC(=O)Nc1ccc(Br)cc1F. The van der Waals surface area contributed by atoms with E-state index < -0.39 is 5.82 Å². The third-order valence-corrected chi connectivity index (χ3v) is 3.16. The molecular weight excluding hydrogens is 327 g/mol. The Labute approximate surface area is 126 Å². The lowest BCUT2D eigenvalue weighted by Gasteiger charge is -2.18. The monoisotopic (exact) mass is 344 g/mol. The molecule has 1 aromatic rings. The molecule has 0 fully saturated rings. The van der Waals surface area contributed by atoms with Gasteiger partial charge in [-0.25, -0.2) is 4.39 Å². The van der Waals surface area contributed by atoms with Crippen molar-refractivity contribution in [2.75, 3.05) is 31.6 Å². The first-order valence-corrected chi connectivity index (χ1v) is 7.05. The summed E-state index contributed by atoms with van der Waals surface area (Å²) in [6.07, 6.45) is 1.94. The largest absolute Gasteiger partial charge is 0.395 e. The fourth-order valence-electron chi connectivity index (χ4n) is 1.68. The van der Waals surface area contributed by atoms with Crippen LogP contribution in [0.5, 0.6) is 0 Å². The van der Waals surface area contributed by atoms with Gasteiger partial charge in [-0.05, 0) is 18.2 Å². The van der Waals surface area contributed by atoms with Gasteiger partial charge in [0.1, 0.15) is 5.82 Å². The van der Waals surface area contributed by atoms with Crippen LogP contribution in [0.1, 0.15) is 6.42 Å². The number of anilines is 1. The number of aliphatic hydroxyl groups is 1. The van der Waals surface area contributed by atoms with Crippen LogP contribution in [0.2, 0.25) is 0 Å². The quantitative estimate of drug-likeness (QED) is 0.712. The lowest BCUT2D eigenvalue weighted by Crippen LogP contribution is -2.30. The first-order valence-electron chi connectivity index (χ1n) is 6.26. The number of aliphatic hydroxyl groups excluding tert-OH is 1. The summed E-state index contributed by atoms with van der Waals surface area (Å²) >= 11 is 3.15. The molecule has 0 aliphatic carbocycles. The fourth-order valence-corrected chi connectivity index (χ4v) is 2.01. The molecule has 0 saturated carbocycles. The number of carbonyl (C=O) groups excluding carboxylic acids is 1. The van der Waals surface area contributed by atoms with Crippen LogP contribution in [0.3, 0.4) is 0 Å². The Morgan fingerprint density at radius 2 is 2.25 bits per heavy atom. The average molecular weight is 345 g/mol. The van der Waals surface area contributed by atoms with Crippen molar-refractivity contribution < 1.29 is 14.3 Å². The second-order valence-corrected chi connectivity index (χ2v) is 5.15. The van der Waals surface area contributed by atoms with Gasteiger partial charge >= 0.3 is 0 Å². The molecule has 0 aromatic heterocycles. The van der Waals surface area contributed by atoms with Gasteiger partial charge in [-0.3, -0.25) is 9.69 Å². The fraction of sp³-hybridized carbons (Fsp3) is 0.357. The topological polar surface area (TPSA) is 52.6 Å². The molecule has 2 N–H and O–H groups in total. The molecule has 1 rings (SSSR count). The van der Waals surface area contributed by atoms with Gasteiger partial charge in [-0.1, -0.05) is 22.0 Å². The van der Waals surface area contributed by atoms with Gasteiger partial charge in [0.2, 0.25) is 5.91 Å². The summed E-state index contributed by atoms with van der Waals surface area (Å²) in [5.74, 6) is -0.746. The summed E-state index contributed by atoms with van der Waals surface area (Å²) in [5.41, 5.74) is 0.163. The number of nitrogens with one attached hydrogen (secondary N) is 1. The van der Waals surface area contributed by atoms with Crippen molar-refractivity contribution in [3.05, 3.63) is 41.1 Å². The average Bonchev–Trinajstić information content (AvgIpc) is 2.40. The standard InChI is InChI=1S/C14H18BrFN2O2/c1-2-6-18(8-9-19)7-5-14(20)17-13-4-3-11(15)10-12(13)16/h2-4,10,19H,1,5-9H2,(H,17,20). The number of rotatable bonds is 8. The summed E-state index contributed by atoms with van der Waals surface area (Å²) in [6, 6.07) is 4.46. The Kier molecular flexibility index (Phi) is 7.43. The molecule has 0 heterocycles. The summed E-state index contributed by atoms with van der Waals surface area (Å²) < 4.78 is 14.2. The molecule has 0 atom stereocenters. The number of amides is 1. The molecule has 0 radical (unpaired) electrons. The molecular formula is C14H18BrFN2O2. The number of benzene rings is 1. The van der Waals surface area contributed by atoms with Crippen LogP contribution in [0, 0.1) is 5.82 Å². The zero-order chi connectivity index (χ0) is 15.0. The summed E-state index contributed by atoms with van der Waals surface area (Å²) in [4.78, 5) is 13.7. The van der Waals surface area contributed by atoms with Crippen LogP contribution in [0.15, 0.2) is 35.3 Å². The Balaban J connectivity index is 2.48. The molecule has 20 heavy (non-hydrogen) atoms. The molecule has 1 amide bonds. The Morgan fingerprint density at radius 3 is 2.85 bits per heavy atom. The molecule has 4 nitrogen and oxygen atoms in total. The lowest BCUT2D eigenvalue weighted by molar-refractivity contribution is -0.116. The highest BCUT2D eigenvalue weighted by atomic mass is 79.9. The normalized spacial score (nSPS) is 10.6. The van der Waals surface area contributed by atoms with Crippen molar-refractivity contribution >= 4 is 27.5 Å². The number of carbonyl (C=O) groups is 1. The smallest absolute Gasteiger partial charge is 0.225 e. The molecule has 0 bridgehead atoms. The maximum absolute atomic E-state index is 13.5. The van der Waals surface area contributed by atoms with E-state index in [2.05, 4.69) is 27.8 Å². The third-order valence-electron chi connectivity index (χ3n) is 2.66. The second kappa shape index (κ2) is 8.84. The number of nitrogens with zero attached hydrogens (tertiary/aromatic N) is 1. The second-order valence-electron chi connectivity index (χ2n) is 4.24. The summed E-state index contributed by atoms with van der Waals surface area (Å²) in [5, 5.41) is 11.4. The number of hydrogen-bond acceptors (Lipinski definition) is 3. The van der Waals surface area contributed by atoms with Crippen LogP contribution in [-0.2, 0) is 4.79 Å². The summed E-state index contributed by atoms with van der Waals surface area (Å²) in [7, 11) is 0. The molecule has 0 aliphatic heterocycles. The molecule has 1 aromatic carbocycles. The minimum absolute atomic E-state index is 0.0246. The first kappa shape index (κ1) is 16.8. The zero-order valence-corrected chi connectivity index (χ0v) is 12.7. The molecule has 110 valence electrons. The maximum atomic E-state index is 13.5. The van der Waals surface area contributed by atoms with E-state index in [0.717, 1.165) is 0 Å². The van der Waals surface area contributed by atoms with Gasteiger partial charge in [0.05, 0.1) is 12.3 Å². The van der Waals surface area contributed by atoms with E-state index in [9.17, 15) is 9.18 Å². The van der Waals surface area contributed by atoms with E-state index >= 15 is 0 Å². The molecule has 0 aliphatic rings. The maximum Gasteiger partial charge on any atom is 0.225 e. The number of halogens is 2. The lowest BCUT2D eigenvalue weighted by atomic mass is 10.3. The summed E-state index contributed by atoms with van der Waals surface area (Å²) in [6.45, 7) is 5.20. The van der Waals surface area contributed by atoms with Crippen molar-refractivity contribution in [3.8, 4) is 0 Å². The Hall–Kier alpha value is -1.24. The van der Waals surface area contributed by atoms with Gasteiger partial charge in [-0.2, -0.15) is 0 Å². The molecule has 0 saturated heterocycles.